The Morgan fingerprint density at radius 2 is 1.10 bits per heavy atom. The summed E-state index contributed by atoms with van der Waals surface area (Å²) in [5.41, 5.74) is 6.69. The quantitative estimate of drug-likeness (QED) is 0.243. The minimum Gasteiger partial charge on any atom is -0.455 e. The maximum atomic E-state index is 9.28. The maximum absolute atomic E-state index is 9.28. The van der Waals surface area contributed by atoms with E-state index >= 15 is 0 Å². The van der Waals surface area contributed by atoms with Crippen LogP contribution in [0, 0.1) is 11.3 Å². The van der Waals surface area contributed by atoms with E-state index in [9.17, 15) is 5.26 Å². The molecule has 39 heavy (non-hydrogen) atoms. The highest BCUT2D eigenvalue weighted by molar-refractivity contribution is 6.10. The molecule has 0 saturated carbocycles. The largest absolute Gasteiger partial charge is 0.455 e. The van der Waals surface area contributed by atoms with Crippen molar-refractivity contribution in [3.63, 3.8) is 0 Å². The molecule has 0 fully saturated rings. The molecule has 0 amide bonds. The minimum absolute atomic E-state index is 0.530. The van der Waals surface area contributed by atoms with Crippen LogP contribution in [0.15, 0.2) is 126 Å². The third-order valence-electron chi connectivity index (χ3n) is 6.77. The molecule has 0 unspecified atom stereocenters. The van der Waals surface area contributed by atoms with Gasteiger partial charge in [-0.2, -0.15) is 5.26 Å². The van der Waals surface area contributed by atoms with Crippen molar-refractivity contribution in [2.75, 3.05) is 0 Å². The Kier molecular flexibility index (Phi) is 5.42. The van der Waals surface area contributed by atoms with Gasteiger partial charge in [0.05, 0.1) is 17.2 Å². The predicted octanol–water partition coefficient (Wildman–Crippen LogP) is 8.31. The lowest BCUT2D eigenvalue weighted by atomic mass is 9.98. The third kappa shape index (κ3) is 4.11. The number of nitrogens with zero attached hydrogens (tertiary/aromatic N) is 4. The van der Waals surface area contributed by atoms with Crippen LogP contribution < -0.4 is 0 Å². The van der Waals surface area contributed by atoms with Crippen molar-refractivity contribution in [1.82, 2.24) is 15.0 Å². The molecule has 0 N–H and O–H groups in total. The zero-order chi connectivity index (χ0) is 26.2. The molecule has 5 heteroatoms. The summed E-state index contributed by atoms with van der Waals surface area (Å²) in [7, 11) is 0. The molecule has 0 aliphatic rings. The van der Waals surface area contributed by atoms with Gasteiger partial charge in [0, 0.05) is 21.9 Å². The van der Waals surface area contributed by atoms with Crippen molar-refractivity contribution in [1.29, 1.82) is 5.26 Å². The smallest absolute Gasteiger partial charge is 0.167 e. The molecule has 0 aliphatic heterocycles. The second-order valence-corrected chi connectivity index (χ2v) is 9.23. The molecule has 5 nitrogen and oxygen atoms in total. The number of aromatic nitrogens is 3. The lowest BCUT2D eigenvalue weighted by Crippen LogP contribution is -2.00. The lowest BCUT2D eigenvalue weighted by molar-refractivity contribution is 0.669. The molecule has 2 aromatic heterocycles. The first-order valence-electron chi connectivity index (χ1n) is 12.6. The summed E-state index contributed by atoms with van der Waals surface area (Å²) in [6.07, 6.45) is 0. The normalized spacial score (nSPS) is 11.1. The molecule has 2 heterocycles. The number of hydrogen-bond donors (Lipinski definition) is 0. The summed E-state index contributed by atoms with van der Waals surface area (Å²) >= 11 is 0. The molecule has 7 rings (SSSR count). The van der Waals surface area contributed by atoms with Crippen molar-refractivity contribution < 1.29 is 4.42 Å². The van der Waals surface area contributed by atoms with Gasteiger partial charge in [-0.05, 0) is 41.5 Å². The van der Waals surface area contributed by atoms with Crippen LogP contribution in [-0.4, -0.2) is 15.0 Å². The molecule has 0 aliphatic carbocycles. The van der Waals surface area contributed by atoms with Crippen molar-refractivity contribution in [2.24, 2.45) is 0 Å². The molecule has 5 aromatic carbocycles. The zero-order valence-corrected chi connectivity index (χ0v) is 20.7. The van der Waals surface area contributed by atoms with Gasteiger partial charge < -0.3 is 4.42 Å². The Balaban J connectivity index is 1.53. The van der Waals surface area contributed by atoms with Crippen LogP contribution >= 0.6 is 0 Å². The molecule has 0 bridgehead atoms. The first-order chi connectivity index (χ1) is 19.3. The van der Waals surface area contributed by atoms with Crippen LogP contribution in [0.25, 0.3) is 67.2 Å². The van der Waals surface area contributed by atoms with Gasteiger partial charge in [0.25, 0.3) is 0 Å². The van der Waals surface area contributed by atoms with E-state index in [1.807, 2.05) is 103 Å². The fourth-order valence-corrected chi connectivity index (χ4v) is 4.83. The van der Waals surface area contributed by atoms with Gasteiger partial charge in [-0.1, -0.05) is 91.0 Å². The molecule has 182 valence electrons. The van der Waals surface area contributed by atoms with E-state index in [4.69, 9.17) is 19.4 Å². The summed E-state index contributed by atoms with van der Waals surface area (Å²) in [6, 6.07) is 41.8. The molecular weight excluding hydrogens is 480 g/mol. The summed E-state index contributed by atoms with van der Waals surface area (Å²) < 4.78 is 6.41. The summed E-state index contributed by atoms with van der Waals surface area (Å²) in [5, 5.41) is 11.3. The van der Waals surface area contributed by atoms with Crippen LogP contribution in [0.1, 0.15) is 5.56 Å². The van der Waals surface area contributed by atoms with E-state index in [2.05, 4.69) is 24.3 Å². The molecule has 0 radical (unpaired) electrons. The van der Waals surface area contributed by atoms with Gasteiger partial charge in [-0.3, -0.25) is 0 Å². The van der Waals surface area contributed by atoms with Crippen LogP contribution in [0.4, 0.5) is 0 Å². The van der Waals surface area contributed by atoms with Crippen molar-refractivity contribution in [2.45, 2.75) is 0 Å². The third-order valence-corrected chi connectivity index (χ3v) is 6.77. The van der Waals surface area contributed by atoms with Crippen LogP contribution in [0.5, 0.6) is 0 Å². The fraction of sp³-hybridized carbons (Fsp3) is 0. The average Bonchev–Trinajstić information content (AvgIpc) is 3.40. The molecular formula is C34H20N4O. The summed E-state index contributed by atoms with van der Waals surface area (Å²) in [5.74, 6) is 1.71. The van der Waals surface area contributed by atoms with Gasteiger partial charge in [0.15, 0.2) is 17.5 Å². The number of furan rings is 1. The first-order valence-corrected chi connectivity index (χ1v) is 12.6. The summed E-state index contributed by atoms with van der Waals surface area (Å²) in [4.78, 5) is 14.8. The Morgan fingerprint density at radius 1 is 0.513 bits per heavy atom. The molecule has 0 saturated heterocycles. The molecule has 7 aromatic rings. The zero-order valence-electron chi connectivity index (χ0n) is 20.7. The van der Waals surface area contributed by atoms with E-state index < -0.39 is 0 Å². The van der Waals surface area contributed by atoms with E-state index in [-0.39, 0.29) is 0 Å². The second-order valence-electron chi connectivity index (χ2n) is 9.23. The Morgan fingerprint density at radius 3 is 1.74 bits per heavy atom. The van der Waals surface area contributed by atoms with Crippen LogP contribution in [0.2, 0.25) is 0 Å². The standard InChI is InChI=1S/C34H20N4O/c35-21-22-15-17-23(18-16-22)26-19-28-27-13-7-8-14-30(27)39-31(28)29(20-26)34-37-32(24-9-3-1-4-10-24)36-33(38-34)25-11-5-2-6-12-25/h1-20H. The van der Waals surface area contributed by atoms with E-state index in [1.165, 1.54) is 0 Å². The Labute approximate surface area is 224 Å². The number of fused-ring (bicyclic) bond motifs is 3. The summed E-state index contributed by atoms with van der Waals surface area (Å²) in [6.45, 7) is 0. The number of para-hydroxylation sites is 1. The predicted molar refractivity (Wildman–Crippen MR) is 154 cm³/mol. The van der Waals surface area contributed by atoms with E-state index in [0.717, 1.165) is 49.8 Å². The fourth-order valence-electron chi connectivity index (χ4n) is 4.83. The van der Waals surface area contributed by atoms with Gasteiger partial charge in [-0.15, -0.1) is 0 Å². The molecule has 0 spiro atoms. The monoisotopic (exact) mass is 500 g/mol. The maximum Gasteiger partial charge on any atom is 0.167 e. The van der Waals surface area contributed by atoms with E-state index in [0.29, 0.717) is 23.0 Å². The van der Waals surface area contributed by atoms with Gasteiger partial charge >= 0.3 is 0 Å². The topological polar surface area (TPSA) is 75.6 Å². The van der Waals surface area contributed by atoms with E-state index in [1.54, 1.807) is 0 Å². The Hall–Kier alpha value is -5.60. The minimum atomic E-state index is 0.530. The molecule has 0 atom stereocenters. The highest BCUT2D eigenvalue weighted by Gasteiger charge is 2.19. The highest BCUT2D eigenvalue weighted by atomic mass is 16.3. The lowest BCUT2D eigenvalue weighted by Gasteiger charge is -2.10. The van der Waals surface area contributed by atoms with Crippen molar-refractivity contribution >= 4 is 21.9 Å². The van der Waals surface area contributed by atoms with Crippen molar-refractivity contribution in [3.05, 3.63) is 127 Å². The highest BCUT2D eigenvalue weighted by Crippen LogP contribution is 2.39. The number of hydrogen-bond acceptors (Lipinski definition) is 5. The number of rotatable bonds is 4. The Bertz CT molecular complexity index is 1950. The second kappa shape index (κ2) is 9.37. The number of nitriles is 1. The van der Waals surface area contributed by atoms with Crippen LogP contribution in [0.3, 0.4) is 0 Å². The van der Waals surface area contributed by atoms with Gasteiger partial charge in [0.1, 0.15) is 11.2 Å². The average molecular weight is 501 g/mol. The number of benzene rings is 5. The van der Waals surface area contributed by atoms with Gasteiger partial charge in [-0.25, -0.2) is 15.0 Å². The SMILES string of the molecule is N#Cc1ccc(-c2cc(-c3nc(-c4ccccc4)nc(-c4ccccc4)n3)c3oc4ccccc4c3c2)cc1. The first kappa shape index (κ1) is 22.6. The van der Waals surface area contributed by atoms with Crippen LogP contribution in [-0.2, 0) is 0 Å². The van der Waals surface area contributed by atoms with Gasteiger partial charge in [0.2, 0.25) is 0 Å². The van der Waals surface area contributed by atoms with Crippen molar-refractivity contribution in [3.8, 4) is 51.4 Å².